The molecule has 3 saturated heterocycles. The van der Waals surface area contributed by atoms with Crippen molar-refractivity contribution in [3.63, 3.8) is 0 Å². The molecule has 0 unspecified atom stereocenters. The van der Waals surface area contributed by atoms with Gasteiger partial charge in [-0.3, -0.25) is 0 Å². The number of hydrogen-bond donors (Lipinski definition) is 2. The molecule has 306 valence electrons. The van der Waals surface area contributed by atoms with Gasteiger partial charge in [0.2, 0.25) is 0 Å². The number of fused-ring (bicyclic) bond motifs is 1. The van der Waals surface area contributed by atoms with Gasteiger partial charge in [0.1, 0.15) is 49.8 Å². The van der Waals surface area contributed by atoms with Crippen LogP contribution in [0.2, 0.25) is 0 Å². The molecule has 0 amide bonds. The molecule has 7 rings (SSSR count). The number of carbonyl (C=O) groups excluding carboxylic acids is 4. The van der Waals surface area contributed by atoms with Crippen LogP contribution in [0.3, 0.4) is 0 Å². The van der Waals surface area contributed by atoms with Crippen LogP contribution in [-0.4, -0.2) is 115 Å². The second-order valence-corrected chi connectivity index (χ2v) is 13.8. The maximum atomic E-state index is 13.7. The first-order valence-corrected chi connectivity index (χ1v) is 18.6. The third-order valence-electron chi connectivity index (χ3n) is 9.71. The average molecular weight is 810 g/mol. The van der Waals surface area contributed by atoms with E-state index in [4.69, 9.17) is 42.6 Å². The first-order valence-electron chi connectivity index (χ1n) is 18.6. The van der Waals surface area contributed by atoms with E-state index in [0.29, 0.717) is 0 Å². The molecule has 0 saturated carbocycles. The Morgan fingerprint density at radius 2 is 1.03 bits per heavy atom. The molecule has 0 spiro atoms. The molecule has 59 heavy (non-hydrogen) atoms. The summed E-state index contributed by atoms with van der Waals surface area (Å²) in [5.41, 5.74) is 0.625. The van der Waals surface area contributed by atoms with Crippen molar-refractivity contribution in [2.24, 2.45) is 0 Å². The van der Waals surface area contributed by atoms with Crippen molar-refractivity contribution in [2.75, 3.05) is 13.2 Å². The molecule has 0 aliphatic carbocycles. The Bertz CT molecular complexity index is 2120. The number of rotatable bonds is 12. The van der Waals surface area contributed by atoms with Crippen LogP contribution >= 0.6 is 0 Å². The third-order valence-corrected chi connectivity index (χ3v) is 9.71. The maximum absolute atomic E-state index is 13.7. The number of aliphatic hydroxyl groups excluding tert-OH is 2. The van der Waals surface area contributed by atoms with Crippen LogP contribution in [0.25, 0.3) is 0 Å². The van der Waals surface area contributed by atoms with Gasteiger partial charge >= 0.3 is 23.9 Å². The lowest BCUT2D eigenvalue weighted by Gasteiger charge is -2.46. The molecule has 3 aliphatic heterocycles. The highest BCUT2D eigenvalue weighted by atomic mass is 16.8. The van der Waals surface area contributed by atoms with E-state index in [1.165, 1.54) is 55.5 Å². The number of hydrogen-bond acceptors (Lipinski definition) is 16. The summed E-state index contributed by atoms with van der Waals surface area (Å²) in [4.78, 5) is 53.2. The summed E-state index contributed by atoms with van der Waals surface area (Å²) >= 11 is 0. The second-order valence-electron chi connectivity index (χ2n) is 13.8. The Morgan fingerprint density at radius 3 is 1.51 bits per heavy atom. The highest BCUT2D eigenvalue weighted by molar-refractivity contribution is 5.91. The van der Waals surface area contributed by atoms with Crippen molar-refractivity contribution in [3.05, 3.63) is 144 Å². The SMILES string of the molecule is C[C@@]1(C#N)O[C@H]2O[C@H](COC(=O)c3ccccc3)[C@@H](O[C@@H]3O[C@H](COC(=O)c4ccccc4)[C@H](O)[C@H](O)[C@H]3OC(=O)c3ccccc3)[C@H](OC(=O)c3ccccc3)[C@H]2O1. The van der Waals surface area contributed by atoms with Gasteiger partial charge in [0.25, 0.3) is 5.79 Å². The predicted molar refractivity (Wildman–Crippen MR) is 199 cm³/mol. The van der Waals surface area contributed by atoms with E-state index in [0.717, 1.165) is 0 Å². The summed E-state index contributed by atoms with van der Waals surface area (Å²) in [5, 5.41) is 32.8. The lowest BCUT2D eigenvalue weighted by atomic mass is 9.96. The number of aliphatic hydroxyl groups is 2. The van der Waals surface area contributed by atoms with Gasteiger partial charge < -0.3 is 52.8 Å². The topological polar surface area (TPSA) is 216 Å². The van der Waals surface area contributed by atoms with Gasteiger partial charge in [-0.05, 0) is 48.5 Å². The van der Waals surface area contributed by atoms with Crippen LogP contribution in [0.5, 0.6) is 0 Å². The minimum Gasteiger partial charge on any atom is -0.459 e. The number of esters is 4. The van der Waals surface area contributed by atoms with Crippen molar-refractivity contribution in [2.45, 2.75) is 74.1 Å². The molecule has 16 heteroatoms. The van der Waals surface area contributed by atoms with Crippen LogP contribution in [0, 0.1) is 11.3 Å². The minimum absolute atomic E-state index is 0.0864. The number of nitrogens with zero attached hydrogens (tertiary/aromatic N) is 1. The first kappa shape index (κ1) is 41.1. The van der Waals surface area contributed by atoms with Gasteiger partial charge in [0.15, 0.2) is 30.9 Å². The zero-order valence-corrected chi connectivity index (χ0v) is 31.4. The molecule has 0 radical (unpaired) electrons. The molecule has 4 aromatic rings. The van der Waals surface area contributed by atoms with Crippen LogP contribution in [-0.2, 0) is 42.6 Å². The second kappa shape index (κ2) is 18.3. The molecular weight excluding hydrogens is 770 g/mol. The Morgan fingerprint density at radius 1 is 0.593 bits per heavy atom. The zero-order chi connectivity index (χ0) is 41.5. The molecule has 4 aromatic carbocycles. The summed E-state index contributed by atoms with van der Waals surface area (Å²) < 4.78 is 53.6. The van der Waals surface area contributed by atoms with Crippen LogP contribution in [0.4, 0.5) is 0 Å². The lowest BCUT2D eigenvalue weighted by Crippen LogP contribution is -2.65. The molecule has 0 aromatic heterocycles. The molecule has 16 nitrogen and oxygen atoms in total. The van der Waals surface area contributed by atoms with Crippen molar-refractivity contribution in [1.29, 1.82) is 5.26 Å². The highest BCUT2D eigenvalue weighted by Gasteiger charge is 2.60. The average Bonchev–Trinajstić information content (AvgIpc) is 3.62. The zero-order valence-electron chi connectivity index (χ0n) is 31.4. The molecule has 3 heterocycles. The summed E-state index contributed by atoms with van der Waals surface area (Å²) in [7, 11) is 0. The van der Waals surface area contributed by atoms with E-state index in [2.05, 4.69) is 0 Å². The van der Waals surface area contributed by atoms with E-state index in [1.54, 1.807) is 72.8 Å². The lowest BCUT2D eigenvalue weighted by molar-refractivity contribution is -0.344. The van der Waals surface area contributed by atoms with Crippen LogP contribution in [0.15, 0.2) is 121 Å². The van der Waals surface area contributed by atoms with E-state index in [9.17, 15) is 34.7 Å². The largest absolute Gasteiger partial charge is 0.459 e. The minimum atomic E-state index is -1.91. The van der Waals surface area contributed by atoms with Gasteiger partial charge in [-0.15, -0.1) is 0 Å². The fourth-order valence-electron chi connectivity index (χ4n) is 6.69. The Kier molecular flexibility index (Phi) is 12.7. The monoisotopic (exact) mass is 809 g/mol. The summed E-state index contributed by atoms with van der Waals surface area (Å²) in [6.45, 7) is 0.171. The number of benzene rings is 4. The fourth-order valence-corrected chi connectivity index (χ4v) is 6.69. The van der Waals surface area contributed by atoms with Crippen molar-refractivity contribution < 1.29 is 72.0 Å². The molecule has 11 atom stereocenters. The van der Waals surface area contributed by atoms with Gasteiger partial charge in [-0.1, -0.05) is 72.8 Å². The van der Waals surface area contributed by atoms with E-state index < -0.39 is 104 Å². The molecular formula is C43H39NO15. The quantitative estimate of drug-likeness (QED) is 0.155. The van der Waals surface area contributed by atoms with E-state index in [1.807, 2.05) is 6.07 Å². The third kappa shape index (κ3) is 9.48. The summed E-state index contributed by atoms with van der Waals surface area (Å²) in [6.07, 6.45) is -16.0. The van der Waals surface area contributed by atoms with E-state index in [-0.39, 0.29) is 22.3 Å². The number of carbonyl (C=O) groups is 4. The molecule has 3 fully saturated rings. The predicted octanol–water partition coefficient (Wildman–Crippen LogP) is 3.36. The van der Waals surface area contributed by atoms with Crippen LogP contribution < -0.4 is 0 Å². The van der Waals surface area contributed by atoms with Gasteiger partial charge in [-0.25, -0.2) is 19.2 Å². The maximum Gasteiger partial charge on any atom is 0.338 e. The Hall–Kier alpha value is -6.03. The van der Waals surface area contributed by atoms with Crippen LogP contribution in [0.1, 0.15) is 48.4 Å². The molecule has 0 bridgehead atoms. The fraction of sp³-hybridized carbons (Fsp3) is 0.326. The van der Waals surface area contributed by atoms with Gasteiger partial charge in [0, 0.05) is 6.92 Å². The standard InChI is InChI=1S/C43H39NO15/c1-43(24-44)58-36-35(56-40(50)28-20-12-5-13-21-28)33(30(54-42(36)59-43)23-52-38(48)26-16-8-3-9-17-26)57-41-34(55-39(49)27-18-10-4-11-19-27)32(46)31(45)29(53-41)22-51-37(47)25-14-6-2-7-15-25/h2-21,29-36,41-42,45-46H,22-23H2,1H3/t29-,30-,31+,32+,33-,34-,35+,36-,41+,42-,43+/m1/s1. The smallest absolute Gasteiger partial charge is 0.338 e. The Balaban J connectivity index is 1.24. The van der Waals surface area contributed by atoms with Crippen molar-refractivity contribution >= 4 is 23.9 Å². The molecule has 3 aliphatic rings. The summed E-state index contributed by atoms with van der Waals surface area (Å²) in [5.74, 6) is -5.18. The van der Waals surface area contributed by atoms with Gasteiger partial charge in [-0.2, -0.15) is 5.26 Å². The normalized spacial score (nSPS) is 29.9. The Labute approximate surface area is 337 Å². The van der Waals surface area contributed by atoms with Crippen molar-refractivity contribution in [3.8, 4) is 6.07 Å². The summed E-state index contributed by atoms with van der Waals surface area (Å²) in [6, 6.07) is 33.7. The number of nitriles is 1. The molecule has 2 N–H and O–H groups in total. The van der Waals surface area contributed by atoms with Crippen molar-refractivity contribution in [1.82, 2.24) is 0 Å². The highest BCUT2D eigenvalue weighted by Crippen LogP contribution is 2.40. The first-order chi connectivity index (χ1) is 28.5. The van der Waals surface area contributed by atoms with E-state index >= 15 is 0 Å². The van der Waals surface area contributed by atoms with Gasteiger partial charge in [0.05, 0.1) is 22.3 Å². The number of ether oxygens (including phenoxy) is 9.